The Morgan fingerprint density at radius 2 is 1.72 bits per heavy atom. The minimum Gasteiger partial charge on any atom is -0.507 e. The van der Waals surface area contributed by atoms with Gasteiger partial charge in [0, 0.05) is 0 Å². The van der Waals surface area contributed by atoms with Crippen LogP contribution in [0.4, 0.5) is 0 Å². The average Bonchev–Trinajstić information content (AvgIpc) is 2.65. The molecule has 1 amide bonds. The first kappa shape index (κ1) is 15.3. The number of nitrogens with one attached hydrogen (secondary N) is 1. The molecule has 0 fully saturated rings. The zero-order chi connectivity index (χ0) is 17.2. The van der Waals surface area contributed by atoms with Crippen molar-refractivity contribution in [1.29, 1.82) is 0 Å². The number of rotatable bonds is 3. The van der Waals surface area contributed by atoms with Gasteiger partial charge in [-0.25, -0.2) is 0 Å². The zero-order valence-electron chi connectivity index (χ0n) is 13.4. The monoisotopic (exact) mass is 335 g/mol. The van der Waals surface area contributed by atoms with E-state index in [9.17, 15) is 9.90 Å². The Morgan fingerprint density at radius 3 is 2.52 bits per heavy atom. The van der Waals surface area contributed by atoms with Crippen molar-refractivity contribution in [1.82, 2.24) is 5.32 Å². The second-order valence-corrected chi connectivity index (χ2v) is 5.92. The predicted octanol–water partition coefficient (Wildman–Crippen LogP) is 3.12. The van der Waals surface area contributed by atoms with Crippen LogP contribution >= 0.6 is 0 Å². The molecule has 1 aliphatic rings. The van der Waals surface area contributed by atoms with E-state index in [-0.39, 0.29) is 23.3 Å². The summed E-state index contributed by atoms with van der Waals surface area (Å²) in [5.41, 5.74) is 0.246. The van der Waals surface area contributed by atoms with E-state index in [1.807, 2.05) is 48.5 Å². The van der Waals surface area contributed by atoms with Crippen molar-refractivity contribution in [3.05, 3.63) is 66.2 Å². The van der Waals surface area contributed by atoms with E-state index in [1.54, 1.807) is 12.1 Å². The molecule has 4 rings (SSSR count). The summed E-state index contributed by atoms with van der Waals surface area (Å²) in [7, 11) is 0. The van der Waals surface area contributed by atoms with E-state index >= 15 is 0 Å². The minimum atomic E-state index is -0.342. The Balaban J connectivity index is 1.45. The van der Waals surface area contributed by atoms with Gasteiger partial charge in [-0.15, -0.1) is 0 Å². The number of ether oxygens (including phenoxy) is 2. The zero-order valence-corrected chi connectivity index (χ0v) is 13.4. The molecule has 0 saturated carbocycles. The van der Waals surface area contributed by atoms with E-state index in [0.717, 1.165) is 10.8 Å². The lowest BCUT2D eigenvalue weighted by Gasteiger charge is -2.26. The Labute approximate surface area is 144 Å². The highest BCUT2D eigenvalue weighted by molar-refractivity contribution is 6.01. The number of hydrogen-bond acceptors (Lipinski definition) is 4. The lowest BCUT2D eigenvalue weighted by atomic mass is 10.1. The molecule has 126 valence electrons. The third-order valence-electron chi connectivity index (χ3n) is 4.17. The van der Waals surface area contributed by atoms with Crippen molar-refractivity contribution in [3.8, 4) is 17.2 Å². The number of carbonyl (C=O) groups excluding carboxylic acids is 1. The molecule has 0 aromatic heterocycles. The van der Waals surface area contributed by atoms with Gasteiger partial charge in [0.2, 0.25) is 0 Å². The van der Waals surface area contributed by atoms with Crippen LogP contribution in [0.5, 0.6) is 17.2 Å². The Bertz CT molecular complexity index is 938. The van der Waals surface area contributed by atoms with Crippen LogP contribution in [-0.4, -0.2) is 30.3 Å². The number of hydrogen-bond donors (Lipinski definition) is 2. The first-order valence-electron chi connectivity index (χ1n) is 8.09. The standard InChI is InChI=1S/C20H17NO4/c22-17-10-14-6-2-1-5-13(14)9-16(17)20(23)21-11-15-12-24-18-7-3-4-8-19(18)25-15/h1-10,15,22H,11-12H2,(H,21,23). The number of phenolic OH excluding ortho intramolecular Hbond substituents is 1. The Kier molecular flexibility index (Phi) is 3.90. The maximum atomic E-state index is 12.4. The van der Waals surface area contributed by atoms with Crippen LogP contribution in [0.25, 0.3) is 10.8 Å². The molecule has 0 saturated heterocycles. The highest BCUT2D eigenvalue weighted by Gasteiger charge is 2.22. The normalized spacial score (nSPS) is 15.8. The summed E-state index contributed by atoms with van der Waals surface area (Å²) in [5, 5.41) is 14.7. The molecule has 1 atom stereocenters. The SMILES string of the molecule is O=C(NCC1COc2ccccc2O1)c1cc2ccccc2cc1O. The summed E-state index contributed by atoms with van der Waals surface area (Å²) in [6.45, 7) is 0.653. The summed E-state index contributed by atoms with van der Waals surface area (Å²) in [6, 6.07) is 18.3. The molecule has 0 radical (unpaired) electrons. The van der Waals surface area contributed by atoms with Crippen LogP contribution in [0, 0.1) is 0 Å². The van der Waals surface area contributed by atoms with Crippen LogP contribution in [0.15, 0.2) is 60.7 Å². The Hall–Kier alpha value is -3.21. The minimum absolute atomic E-state index is 0.0395. The van der Waals surface area contributed by atoms with Gasteiger partial charge >= 0.3 is 0 Å². The number of fused-ring (bicyclic) bond motifs is 2. The summed E-state index contributed by atoms with van der Waals surface area (Å²) in [5.74, 6) is 0.992. The van der Waals surface area contributed by atoms with Crippen LogP contribution in [0.1, 0.15) is 10.4 Å². The van der Waals surface area contributed by atoms with Crippen molar-refractivity contribution in [2.45, 2.75) is 6.10 Å². The molecule has 3 aromatic carbocycles. The molecule has 25 heavy (non-hydrogen) atoms. The van der Waals surface area contributed by atoms with Crippen LogP contribution in [0.2, 0.25) is 0 Å². The summed E-state index contributed by atoms with van der Waals surface area (Å²) < 4.78 is 11.4. The fraction of sp³-hybridized carbons (Fsp3) is 0.150. The van der Waals surface area contributed by atoms with Gasteiger partial charge in [0.25, 0.3) is 5.91 Å². The number of phenols is 1. The number of carbonyl (C=O) groups is 1. The summed E-state index contributed by atoms with van der Waals surface area (Å²) in [4.78, 5) is 12.4. The van der Waals surface area contributed by atoms with Crippen molar-refractivity contribution in [2.75, 3.05) is 13.2 Å². The molecular weight excluding hydrogens is 318 g/mol. The van der Waals surface area contributed by atoms with E-state index in [4.69, 9.17) is 9.47 Å². The number of aromatic hydroxyl groups is 1. The van der Waals surface area contributed by atoms with Crippen molar-refractivity contribution < 1.29 is 19.4 Å². The van der Waals surface area contributed by atoms with Crippen molar-refractivity contribution in [3.63, 3.8) is 0 Å². The molecule has 1 heterocycles. The molecule has 0 bridgehead atoms. The predicted molar refractivity (Wildman–Crippen MR) is 94.3 cm³/mol. The third-order valence-corrected chi connectivity index (χ3v) is 4.17. The van der Waals surface area contributed by atoms with Gasteiger partial charge in [0.15, 0.2) is 11.5 Å². The highest BCUT2D eigenvalue weighted by Crippen LogP contribution is 2.30. The van der Waals surface area contributed by atoms with Gasteiger partial charge in [-0.05, 0) is 35.0 Å². The molecule has 0 aliphatic carbocycles. The fourth-order valence-corrected chi connectivity index (χ4v) is 2.88. The van der Waals surface area contributed by atoms with Crippen molar-refractivity contribution >= 4 is 16.7 Å². The molecule has 0 spiro atoms. The lowest BCUT2D eigenvalue weighted by Crippen LogP contribution is -2.40. The fourth-order valence-electron chi connectivity index (χ4n) is 2.88. The molecule has 5 nitrogen and oxygen atoms in total. The topological polar surface area (TPSA) is 67.8 Å². The molecule has 5 heteroatoms. The molecular formula is C20H17NO4. The van der Waals surface area contributed by atoms with Crippen LogP contribution in [0.3, 0.4) is 0 Å². The smallest absolute Gasteiger partial charge is 0.255 e. The van der Waals surface area contributed by atoms with Gasteiger partial charge in [-0.3, -0.25) is 4.79 Å². The van der Waals surface area contributed by atoms with E-state index in [2.05, 4.69) is 5.32 Å². The van der Waals surface area contributed by atoms with Gasteiger partial charge < -0.3 is 19.9 Å². The maximum absolute atomic E-state index is 12.4. The molecule has 2 N–H and O–H groups in total. The first-order chi connectivity index (χ1) is 12.2. The molecule has 1 unspecified atom stereocenters. The summed E-state index contributed by atoms with van der Waals surface area (Å²) >= 11 is 0. The van der Waals surface area contributed by atoms with Gasteiger partial charge in [0.05, 0.1) is 12.1 Å². The van der Waals surface area contributed by atoms with Gasteiger partial charge in [-0.1, -0.05) is 36.4 Å². The maximum Gasteiger partial charge on any atom is 0.255 e. The van der Waals surface area contributed by atoms with Gasteiger partial charge in [-0.2, -0.15) is 0 Å². The van der Waals surface area contributed by atoms with Crippen molar-refractivity contribution in [2.24, 2.45) is 0 Å². The molecule has 1 aliphatic heterocycles. The second-order valence-electron chi connectivity index (χ2n) is 5.92. The Morgan fingerprint density at radius 1 is 1.04 bits per heavy atom. The molecule has 3 aromatic rings. The van der Waals surface area contributed by atoms with Crippen LogP contribution in [-0.2, 0) is 0 Å². The first-order valence-corrected chi connectivity index (χ1v) is 8.09. The lowest BCUT2D eigenvalue weighted by molar-refractivity contribution is 0.0788. The second kappa shape index (κ2) is 6.36. The van der Waals surface area contributed by atoms with E-state index < -0.39 is 0 Å². The number of amides is 1. The quantitative estimate of drug-likeness (QED) is 0.772. The summed E-state index contributed by atoms with van der Waals surface area (Å²) in [6.07, 6.45) is -0.276. The van der Waals surface area contributed by atoms with E-state index in [1.165, 1.54) is 0 Å². The average molecular weight is 335 g/mol. The van der Waals surface area contributed by atoms with Crippen LogP contribution < -0.4 is 14.8 Å². The number of para-hydroxylation sites is 2. The number of benzene rings is 3. The third kappa shape index (κ3) is 3.08. The highest BCUT2D eigenvalue weighted by atomic mass is 16.6. The van der Waals surface area contributed by atoms with Gasteiger partial charge in [0.1, 0.15) is 18.5 Å². The largest absolute Gasteiger partial charge is 0.507 e. The van der Waals surface area contributed by atoms with E-state index in [0.29, 0.717) is 24.7 Å².